The van der Waals surface area contributed by atoms with E-state index >= 15 is 0 Å². The van der Waals surface area contributed by atoms with Crippen LogP contribution in [0.4, 0.5) is 0 Å². The summed E-state index contributed by atoms with van der Waals surface area (Å²) in [5.74, 6) is -0.209. The van der Waals surface area contributed by atoms with Crippen LogP contribution in [0.5, 0.6) is 0 Å². The molecule has 19 heavy (non-hydrogen) atoms. The topological polar surface area (TPSA) is 104 Å². The Morgan fingerprint density at radius 3 is 2.95 bits per heavy atom. The summed E-state index contributed by atoms with van der Waals surface area (Å²) >= 11 is 0. The van der Waals surface area contributed by atoms with E-state index in [0.717, 1.165) is 12.1 Å². The lowest BCUT2D eigenvalue weighted by atomic mass is 10.3. The van der Waals surface area contributed by atoms with Crippen LogP contribution < -0.4 is 11.1 Å². The normalized spacial score (nSPS) is 10.6. The molecule has 0 bridgehead atoms. The highest BCUT2D eigenvalue weighted by atomic mass is 16.1. The van der Waals surface area contributed by atoms with Crippen molar-refractivity contribution in [2.24, 2.45) is 5.73 Å². The van der Waals surface area contributed by atoms with E-state index in [-0.39, 0.29) is 12.5 Å². The molecule has 0 spiro atoms. The van der Waals surface area contributed by atoms with Gasteiger partial charge < -0.3 is 11.1 Å². The molecule has 0 aromatic carbocycles. The molecule has 0 fully saturated rings. The number of nitrogens with zero attached hydrogens (tertiary/aromatic N) is 5. The van der Waals surface area contributed by atoms with Crippen molar-refractivity contribution in [3.8, 4) is 0 Å². The molecule has 2 rings (SSSR count). The van der Waals surface area contributed by atoms with Crippen LogP contribution in [-0.2, 0) is 24.4 Å². The summed E-state index contributed by atoms with van der Waals surface area (Å²) in [4.78, 5) is 11.0. The predicted octanol–water partition coefficient (Wildman–Crippen LogP) is -0.882. The van der Waals surface area contributed by atoms with Gasteiger partial charge in [-0.25, -0.2) is 4.68 Å². The van der Waals surface area contributed by atoms with E-state index in [2.05, 4.69) is 20.7 Å². The van der Waals surface area contributed by atoms with Crippen LogP contribution in [0.2, 0.25) is 0 Å². The van der Waals surface area contributed by atoms with E-state index in [1.165, 1.54) is 0 Å². The highest BCUT2D eigenvalue weighted by Crippen LogP contribution is 2.01. The van der Waals surface area contributed by atoms with Crippen molar-refractivity contribution >= 4 is 5.91 Å². The van der Waals surface area contributed by atoms with Crippen molar-refractivity contribution in [3.05, 3.63) is 29.8 Å². The maximum atomic E-state index is 11.0. The molecular formula is C11H17N7O. The van der Waals surface area contributed by atoms with Crippen LogP contribution in [0.1, 0.15) is 18.2 Å². The maximum Gasteiger partial charge on any atom is 0.234 e. The Morgan fingerprint density at radius 1 is 1.42 bits per heavy atom. The summed E-state index contributed by atoms with van der Waals surface area (Å²) in [5.41, 5.74) is 6.95. The van der Waals surface area contributed by atoms with Crippen molar-refractivity contribution < 1.29 is 4.79 Å². The number of hydrogen-bond acceptors (Lipinski definition) is 5. The molecule has 3 N–H and O–H groups in total. The van der Waals surface area contributed by atoms with Crippen molar-refractivity contribution in [2.75, 3.05) is 6.54 Å². The first kappa shape index (κ1) is 13.2. The number of hydrogen-bond donors (Lipinski definition) is 2. The number of carbonyl (C=O) groups is 1. The Hall–Kier alpha value is -2.22. The molecule has 0 aliphatic carbocycles. The third-order valence-electron chi connectivity index (χ3n) is 2.59. The second-order valence-corrected chi connectivity index (χ2v) is 4.09. The molecule has 2 heterocycles. The molecule has 0 atom stereocenters. The van der Waals surface area contributed by atoms with Gasteiger partial charge in [0.1, 0.15) is 5.69 Å². The van der Waals surface area contributed by atoms with Gasteiger partial charge in [0.05, 0.1) is 32.0 Å². The van der Waals surface area contributed by atoms with Crippen molar-refractivity contribution in [2.45, 2.75) is 26.6 Å². The Labute approximate surface area is 110 Å². The van der Waals surface area contributed by atoms with Crippen LogP contribution in [-0.4, -0.2) is 37.2 Å². The van der Waals surface area contributed by atoms with Gasteiger partial charge in [-0.3, -0.25) is 9.48 Å². The van der Waals surface area contributed by atoms with Gasteiger partial charge in [-0.15, -0.1) is 5.10 Å². The molecule has 0 saturated heterocycles. The molecule has 0 radical (unpaired) electrons. The van der Waals surface area contributed by atoms with Crippen molar-refractivity contribution in [3.63, 3.8) is 0 Å². The number of aryl methyl sites for hydroxylation is 1. The summed E-state index contributed by atoms with van der Waals surface area (Å²) in [5, 5.41) is 14.8. The van der Waals surface area contributed by atoms with Crippen LogP contribution >= 0.6 is 0 Å². The molecule has 2 aromatic rings. The molecule has 1 amide bonds. The third kappa shape index (κ3) is 3.62. The van der Waals surface area contributed by atoms with Crippen LogP contribution in [0, 0.1) is 0 Å². The van der Waals surface area contributed by atoms with Gasteiger partial charge in [0.25, 0.3) is 0 Å². The molecule has 8 nitrogen and oxygen atoms in total. The standard InChI is InChI=1S/C11H17N7O/c1-2-17-6-9(4-14-17)7-18-8-10(15-16-18)5-13-11(19)3-12/h4,6,8H,2-3,5,7,12H2,1H3,(H,13,19). The monoisotopic (exact) mass is 263 g/mol. The zero-order chi connectivity index (χ0) is 13.7. The summed E-state index contributed by atoms with van der Waals surface area (Å²) < 4.78 is 3.57. The lowest BCUT2D eigenvalue weighted by Crippen LogP contribution is -2.29. The summed E-state index contributed by atoms with van der Waals surface area (Å²) in [7, 11) is 0. The SMILES string of the molecule is CCn1cc(Cn2cc(CNC(=O)CN)nn2)cn1. The second-order valence-electron chi connectivity index (χ2n) is 4.09. The van der Waals surface area contributed by atoms with Gasteiger partial charge in [-0.05, 0) is 6.92 Å². The smallest absolute Gasteiger partial charge is 0.234 e. The van der Waals surface area contributed by atoms with Gasteiger partial charge in [-0.1, -0.05) is 5.21 Å². The van der Waals surface area contributed by atoms with Crippen molar-refractivity contribution in [1.82, 2.24) is 30.1 Å². The number of aromatic nitrogens is 5. The highest BCUT2D eigenvalue weighted by molar-refractivity contribution is 5.77. The van der Waals surface area contributed by atoms with Gasteiger partial charge in [-0.2, -0.15) is 5.10 Å². The number of rotatable bonds is 6. The molecule has 0 aliphatic heterocycles. The zero-order valence-electron chi connectivity index (χ0n) is 10.8. The highest BCUT2D eigenvalue weighted by Gasteiger charge is 2.04. The maximum absolute atomic E-state index is 11.0. The van der Waals surface area contributed by atoms with Gasteiger partial charge in [0, 0.05) is 18.3 Å². The molecule has 0 aliphatic rings. The van der Waals surface area contributed by atoms with E-state index in [4.69, 9.17) is 5.73 Å². The third-order valence-corrected chi connectivity index (χ3v) is 2.59. The summed E-state index contributed by atoms with van der Waals surface area (Å²) in [6, 6.07) is 0. The first-order valence-electron chi connectivity index (χ1n) is 6.08. The molecular weight excluding hydrogens is 246 g/mol. The Morgan fingerprint density at radius 2 is 2.26 bits per heavy atom. The van der Waals surface area contributed by atoms with E-state index < -0.39 is 0 Å². The second kappa shape index (κ2) is 6.10. The minimum Gasteiger partial charge on any atom is -0.349 e. The lowest BCUT2D eigenvalue weighted by Gasteiger charge is -1.98. The average Bonchev–Trinajstić information content (AvgIpc) is 3.05. The van der Waals surface area contributed by atoms with Crippen LogP contribution in [0.15, 0.2) is 18.6 Å². The Kier molecular flexibility index (Phi) is 4.24. The van der Waals surface area contributed by atoms with Gasteiger partial charge in [0.15, 0.2) is 0 Å². The summed E-state index contributed by atoms with van der Waals surface area (Å²) in [6.45, 7) is 3.80. The average molecular weight is 263 g/mol. The summed E-state index contributed by atoms with van der Waals surface area (Å²) in [6.07, 6.45) is 5.57. The number of carbonyl (C=O) groups excluding carboxylic acids is 1. The number of nitrogens with one attached hydrogen (secondary N) is 1. The largest absolute Gasteiger partial charge is 0.349 e. The van der Waals surface area contributed by atoms with E-state index in [9.17, 15) is 4.79 Å². The van der Waals surface area contributed by atoms with Gasteiger partial charge >= 0.3 is 0 Å². The fraction of sp³-hybridized carbons (Fsp3) is 0.455. The molecule has 0 saturated carbocycles. The van der Waals surface area contributed by atoms with Crippen LogP contribution in [0.3, 0.4) is 0 Å². The molecule has 102 valence electrons. The minimum absolute atomic E-state index is 0.0235. The van der Waals surface area contributed by atoms with E-state index in [1.807, 2.05) is 17.8 Å². The number of nitrogens with two attached hydrogens (primary N) is 1. The molecule has 0 unspecified atom stereocenters. The predicted molar refractivity (Wildman–Crippen MR) is 67.9 cm³/mol. The fourth-order valence-electron chi connectivity index (χ4n) is 1.61. The fourth-order valence-corrected chi connectivity index (χ4v) is 1.61. The molecule has 2 aromatic heterocycles. The Balaban J connectivity index is 1.91. The quantitative estimate of drug-likeness (QED) is 0.704. The lowest BCUT2D eigenvalue weighted by molar-refractivity contribution is -0.119. The Bertz CT molecular complexity index is 545. The van der Waals surface area contributed by atoms with Crippen LogP contribution in [0.25, 0.3) is 0 Å². The van der Waals surface area contributed by atoms with Crippen molar-refractivity contribution in [1.29, 1.82) is 0 Å². The first-order valence-corrected chi connectivity index (χ1v) is 6.08. The zero-order valence-corrected chi connectivity index (χ0v) is 10.8. The molecule has 8 heteroatoms. The first-order chi connectivity index (χ1) is 9.21. The van der Waals surface area contributed by atoms with Gasteiger partial charge in [0.2, 0.25) is 5.91 Å². The number of amides is 1. The van der Waals surface area contributed by atoms with E-state index in [0.29, 0.717) is 18.8 Å². The van der Waals surface area contributed by atoms with E-state index in [1.54, 1.807) is 17.1 Å². The minimum atomic E-state index is -0.209.